The molecule has 0 fully saturated rings. The molecular formula is C17H20ClNO3. The van der Waals surface area contributed by atoms with Crippen molar-refractivity contribution < 1.29 is 14.3 Å². The van der Waals surface area contributed by atoms with Gasteiger partial charge < -0.3 is 15.2 Å². The second kappa shape index (κ2) is 9.07. The highest BCUT2D eigenvalue weighted by Gasteiger charge is 2.15. The zero-order valence-corrected chi connectivity index (χ0v) is 13.2. The second-order valence-electron chi connectivity index (χ2n) is 4.75. The quantitative estimate of drug-likeness (QED) is 0.831. The van der Waals surface area contributed by atoms with Crippen LogP contribution in [0.4, 0.5) is 0 Å². The summed E-state index contributed by atoms with van der Waals surface area (Å²) in [6.45, 7) is 0.246. The molecule has 0 aromatic heterocycles. The molecule has 2 aromatic carbocycles. The van der Waals surface area contributed by atoms with Crippen LogP contribution in [0.1, 0.15) is 11.1 Å². The van der Waals surface area contributed by atoms with Gasteiger partial charge in [0, 0.05) is 0 Å². The number of hydrogen-bond acceptors (Lipinski definition) is 4. The first-order valence-electron chi connectivity index (χ1n) is 6.78. The third-order valence-corrected chi connectivity index (χ3v) is 3.14. The van der Waals surface area contributed by atoms with Crippen molar-refractivity contribution in [2.24, 2.45) is 5.73 Å². The van der Waals surface area contributed by atoms with Crippen LogP contribution in [-0.4, -0.2) is 19.1 Å². The minimum atomic E-state index is -0.665. The molecule has 118 valence electrons. The van der Waals surface area contributed by atoms with Gasteiger partial charge in [0.25, 0.3) is 0 Å². The van der Waals surface area contributed by atoms with E-state index in [4.69, 9.17) is 15.2 Å². The summed E-state index contributed by atoms with van der Waals surface area (Å²) in [7, 11) is 1.61. The molecule has 22 heavy (non-hydrogen) atoms. The van der Waals surface area contributed by atoms with Gasteiger partial charge >= 0.3 is 5.97 Å². The van der Waals surface area contributed by atoms with Crippen molar-refractivity contribution in [2.75, 3.05) is 7.11 Å². The predicted molar refractivity (Wildman–Crippen MR) is 88.2 cm³/mol. The topological polar surface area (TPSA) is 61.5 Å². The first kappa shape index (κ1) is 18.0. The lowest BCUT2D eigenvalue weighted by molar-refractivity contribution is -0.146. The monoisotopic (exact) mass is 321 g/mol. The molecule has 0 aliphatic carbocycles. The van der Waals surface area contributed by atoms with Crippen molar-refractivity contribution in [3.63, 3.8) is 0 Å². The fourth-order valence-electron chi connectivity index (χ4n) is 1.93. The molecule has 5 heteroatoms. The zero-order valence-electron chi connectivity index (χ0n) is 12.4. The van der Waals surface area contributed by atoms with Gasteiger partial charge in [-0.2, -0.15) is 0 Å². The van der Waals surface area contributed by atoms with Crippen molar-refractivity contribution in [3.05, 3.63) is 65.7 Å². The number of carbonyl (C=O) groups excluding carboxylic acids is 1. The number of carbonyl (C=O) groups is 1. The van der Waals surface area contributed by atoms with Gasteiger partial charge in [-0.1, -0.05) is 42.5 Å². The Morgan fingerprint density at radius 1 is 1.05 bits per heavy atom. The molecule has 2 N–H and O–H groups in total. The Kier molecular flexibility index (Phi) is 7.43. The minimum absolute atomic E-state index is 0. The van der Waals surface area contributed by atoms with Crippen LogP contribution in [0.5, 0.6) is 5.75 Å². The normalized spacial score (nSPS) is 11.2. The number of hydrogen-bond donors (Lipinski definition) is 1. The van der Waals surface area contributed by atoms with E-state index in [1.807, 2.05) is 54.6 Å². The third-order valence-electron chi connectivity index (χ3n) is 3.14. The molecule has 1 unspecified atom stereocenters. The Balaban J connectivity index is 0.00000242. The summed E-state index contributed by atoms with van der Waals surface area (Å²) in [6.07, 6.45) is 0.442. The van der Waals surface area contributed by atoms with Crippen molar-refractivity contribution in [2.45, 2.75) is 19.1 Å². The van der Waals surface area contributed by atoms with Gasteiger partial charge in [-0.25, -0.2) is 0 Å². The van der Waals surface area contributed by atoms with Gasteiger partial charge in [0.15, 0.2) is 0 Å². The summed E-state index contributed by atoms with van der Waals surface area (Å²) in [5.41, 5.74) is 7.80. The van der Waals surface area contributed by atoms with E-state index in [1.165, 1.54) is 0 Å². The molecule has 0 aliphatic heterocycles. The summed E-state index contributed by atoms with van der Waals surface area (Å²) in [5, 5.41) is 0. The minimum Gasteiger partial charge on any atom is -0.497 e. The van der Waals surface area contributed by atoms with Crippen molar-refractivity contribution in [1.82, 2.24) is 0 Å². The lowest BCUT2D eigenvalue weighted by Crippen LogP contribution is -2.34. The molecule has 2 rings (SSSR count). The van der Waals surface area contributed by atoms with Crippen LogP contribution in [-0.2, 0) is 22.6 Å². The lowest BCUT2D eigenvalue weighted by atomic mass is 10.1. The van der Waals surface area contributed by atoms with E-state index in [-0.39, 0.29) is 19.0 Å². The van der Waals surface area contributed by atoms with Gasteiger partial charge in [-0.05, 0) is 29.7 Å². The van der Waals surface area contributed by atoms with Crippen molar-refractivity contribution in [1.29, 1.82) is 0 Å². The maximum absolute atomic E-state index is 11.9. The molecule has 0 saturated carbocycles. The number of nitrogens with two attached hydrogens (primary N) is 1. The molecule has 0 spiro atoms. The van der Waals surface area contributed by atoms with Gasteiger partial charge in [0.05, 0.1) is 7.11 Å². The van der Waals surface area contributed by atoms with Gasteiger partial charge in [0.2, 0.25) is 0 Å². The molecule has 0 amide bonds. The smallest absolute Gasteiger partial charge is 0.323 e. The second-order valence-corrected chi connectivity index (χ2v) is 4.75. The molecule has 0 heterocycles. The van der Waals surface area contributed by atoms with E-state index in [2.05, 4.69) is 0 Å². The van der Waals surface area contributed by atoms with E-state index >= 15 is 0 Å². The number of halogens is 1. The van der Waals surface area contributed by atoms with Crippen molar-refractivity contribution >= 4 is 18.4 Å². The van der Waals surface area contributed by atoms with Crippen LogP contribution in [0.15, 0.2) is 54.6 Å². The summed E-state index contributed by atoms with van der Waals surface area (Å²) < 4.78 is 10.3. The molecular weight excluding hydrogens is 302 g/mol. The van der Waals surface area contributed by atoms with Gasteiger partial charge in [-0.15, -0.1) is 12.4 Å². The Morgan fingerprint density at radius 2 is 1.68 bits per heavy atom. The van der Waals surface area contributed by atoms with Crippen LogP contribution in [0.2, 0.25) is 0 Å². The highest BCUT2D eigenvalue weighted by molar-refractivity contribution is 5.85. The number of methoxy groups -OCH3 is 1. The molecule has 2 aromatic rings. The molecule has 0 saturated heterocycles. The number of benzene rings is 2. The molecule has 1 atom stereocenters. The van der Waals surface area contributed by atoms with Crippen LogP contribution in [0, 0.1) is 0 Å². The van der Waals surface area contributed by atoms with E-state index in [0.717, 1.165) is 16.9 Å². The van der Waals surface area contributed by atoms with Crippen LogP contribution in [0.3, 0.4) is 0 Å². The summed E-state index contributed by atoms with van der Waals surface area (Å²) in [5.74, 6) is 0.383. The standard InChI is InChI=1S/C17H19NO3.ClH/c1-20-15-9-7-13(8-10-15)11-16(18)17(19)21-12-14-5-3-2-4-6-14;/h2-10,16H,11-12,18H2,1H3;1H. The average Bonchev–Trinajstić information content (AvgIpc) is 2.54. The van der Waals surface area contributed by atoms with Crippen LogP contribution >= 0.6 is 12.4 Å². The third kappa shape index (κ3) is 5.39. The van der Waals surface area contributed by atoms with Crippen molar-refractivity contribution in [3.8, 4) is 5.75 Å². The average molecular weight is 322 g/mol. The SMILES string of the molecule is COc1ccc(CC(N)C(=O)OCc2ccccc2)cc1.Cl. The Bertz CT molecular complexity index is 572. The largest absolute Gasteiger partial charge is 0.497 e. The number of rotatable bonds is 6. The van der Waals surface area contributed by atoms with E-state index in [9.17, 15) is 4.79 Å². The number of ether oxygens (including phenoxy) is 2. The maximum Gasteiger partial charge on any atom is 0.323 e. The number of esters is 1. The molecule has 4 nitrogen and oxygen atoms in total. The van der Waals surface area contributed by atoms with E-state index in [0.29, 0.717) is 6.42 Å². The van der Waals surface area contributed by atoms with Gasteiger partial charge in [0.1, 0.15) is 18.4 Å². The fourth-order valence-corrected chi connectivity index (χ4v) is 1.93. The summed E-state index contributed by atoms with van der Waals surface area (Å²) >= 11 is 0. The highest BCUT2D eigenvalue weighted by atomic mass is 35.5. The lowest BCUT2D eigenvalue weighted by Gasteiger charge is -2.12. The molecule has 0 radical (unpaired) electrons. The Morgan fingerprint density at radius 3 is 2.27 bits per heavy atom. The maximum atomic E-state index is 11.9. The fraction of sp³-hybridized carbons (Fsp3) is 0.235. The van der Waals surface area contributed by atoms with Crippen LogP contribution in [0.25, 0.3) is 0 Å². The summed E-state index contributed by atoms with van der Waals surface area (Å²) in [4.78, 5) is 11.9. The van der Waals surface area contributed by atoms with E-state index in [1.54, 1.807) is 7.11 Å². The predicted octanol–water partition coefficient (Wildman–Crippen LogP) is 2.73. The zero-order chi connectivity index (χ0) is 15.1. The van der Waals surface area contributed by atoms with E-state index < -0.39 is 12.0 Å². The highest BCUT2D eigenvalue weighted by Crippen LogP contribution is 2.13. The Labute approximate surface area is 136 Å². The van der Waals surface area contributed by atoms with Crippen LogP contribution < -0.4 is 10.5 Å². The first-order chi connectivity index (χ1) is 10.2. The molecule has 0 bridgehead atoms. The summed E-state index contributed by atoms with van der Waals surface area (Å²) in [6, 6.07) is 16.3. The first-order valence-corrected chi connectivity index (χ1v) is 6.78. The Hall–Kier alpha value is -2.04. The molecule has 0 aliphatic rings. The van der Waals surface area contributed by atoms with Gasteiger partial charge in [-0.3, -0.25) is 4.79 Å².